The van der Waals surface area contributed by atoms with E-state index in [9.17, 15) is 26.4 Å². The molecular weight excluding hydrogens is 473 g/mol. The second kappa shape index (κ2) is 10.6. The lowest BCUT2D eigenvalue weighted by molar-refractivity contribution is -0.137. The van der Waals surface area contributed by atoms with E-state index in [4.69, 9.17) is 11.6 Å². The lowest BCUT2D eigenvalue weighted by atomic mass is 10.2. The standard InChI is InChI=1S/C20H22ClF3N2O3S2/c1-14-4-3-5-15(10-14)13-30-9-8-25-19(27)12-26(31(2,28)29)18-11-16(20(22,23)24)6-7-17(18)21/h3-7,10-11H,8-9,12-13H2,1-2H3,(H,25,27). The van der Waals surface area contributed by atoms with Crippen molar-refractivity contribution in [3.8, 4) is 0 Å². The molecule has 31 heavy (non-hydrogen) atoms. The van der Waals surface area contributed by atoms with Gasteiger partial charge in [0.2, 0.25) is 15.9 Å². The maximum absolute atomic E-state index is 13.0. The van der Waals surface area contributed by atoms with Gasteiger partial charge < -0.3 is 5.32 Å². The maximum Gasteiger partial charge on any atom is 0.416 e. The summed E-state index contributed by atoms with van der Waals surface area (Å²) in [5.74, 6) is 0.700. The lowest BCUT2D eigenvalue weighted by Gasteiger charge is -2.24. The normalized spacial score (nSPS) is 11.9. The van der Waals surface area contributed by atoms with Gasteiger partial charge in [-0.05, 0) is 30.7 Å². The van der Waals surface area contributed by atoms with Gasteiger partial charge >= 0.3 is 6.18 Å². The number of rotatable bonds is 9. The Bertz CT molecular complexity index is 1030. The molecule has 0 radical (unpaired) electrons. The van der Waals surface area contributed by atoms with Crippen molar-refractivity contribution in [1.29, 1.82) is 0 Å². The lowest BCUT2D eigenvalue weighted by Crippen LogP contribution is -2.41. The molecule has 2 aromatic carbocycles. The van der Waals surface area contributed by atoms with Gasteiger partial charge in [0.25, 0.3) is 0 Å². The van der Waals surface area contributed by atoms with E-state index in [-0.39, 0.29) is 11.6 Å². The minimum Gasteiger partial charge on any atom is -0.354 e. The highest BCUT2D eigenvalue weighted by Crippen LogP contribution is 2.36. The molecular formula is C20H22ClF3N2O3S2. The van der Waals surface area contributed by atoms with Crippen molar-refractivity contribution < 1.29 is 26.4 Å². The molecule has 2 rings (SSSR count). The van der Waals surface area contributed by atoms with E-state index >= 15 is 0 Å². The van der Waals surface area contributed by atoms with Crippen molar-refractivity contribution in [2.75, 3.05) is 29.4 Å². The average Bonchev–Trinajstić information content (AvgIpc) is 2.65. The quantitative estimate of drug-likeness (QED) is 0.522. The predicted octanol–water partition coefficient (Wildman–Crippen LogP) is 4.48. The Labute approximate surface area is 189 Å². The summed E-state index contributed by atoms with van der Waals surface area (Å²) in [4.78, 5) is 12.3. The zero-order chi connectivity index (χ0) is 23.2. The van der Waals surface area contributed by atoms with Crippen LogP contribution in [0.5, 0.6) is 0 Å². The monoisotopic (exact) mass is 494 g/mol. The van der Waals surface area contributed by atoms with Gasteiger partial charge in [-0.15, -0.1) is 0 Å². The third-order valence-corrected chi connectivity index (χ3v) is 6.63. The van der Waals surface area contributed by atoms with Gasteiger partial charge in [-0.3, -0.25) is 9.10 Å². The number of halogens is 4. The van der Waals surface area contributed by atoms with Gasteiger partial charge in [-0.1, -0.05) is 41.4 Å². The van der Waals surface area contributed by atoms with Gasteiger partial charge in [0, 0.05) is 18.1 Å². The van der Waals surface area contributed by atoms with Crippen molar-refractivity contribution in [3.05, 3.63) is 64.2 Å². The summed E-state index contributed by atoms with van der Waals surface area (Å²) in [6, 6.07) is 10.4. The number of sulfonamides is 1. The molecule has 0 saturated heterocycles. The molecule has 0 spiro atoms. The number of nitrogens with one attached hydrogen (secondary N) is 1. The first-order chi connectivity index (χ1) is 14.4. The molecule has 0 atom stereocenters. The van der Waals surface area contributed by atoms with Crippen LogP contribution in [0.25, 0.3) is 0 Å². The number of nitrogens with zero attached hydrogens (tertiary/aromatic N) is 1. The number of aryl methyl sites for hydroxylation is 1. The predicted molar refractivity (Wildman–Crippen MR) is 119 cm³/mol. The highest BCUT2D eigenvalue weighted by molar-refractivity contribution is 7.98. The maximum atomic E-state index is 13.0. The number of carbonyl (C=O) groups is 1. The fraction of sp³-hybridized carbons (Fsp3) is 0.350. The molecule has 0 aliphatic carbocycles. The molecule has 0 aliphatic heterocycles. The summed E-state index contributed by atoms with van der Waals surface area (Å²) in [7, 11) is -4.06. The van der Waals surface area contributed by atoms with E-state index in [1.54, 1.807) is 11.8 Å². The topological polar surface area (TPSA) is 66.5 Å². The zero-order valence-electron chi connectivity index (χ0n) is 16.9. The van der Waals surface area contributed by atoms with Gasteiger partial charge in [0.15, 0.2) is 0 Å². The number of anilines is 1. The first-order valence-corrected chi connectivity index (χ1v) is 12.5. The molecule has 5 nitrogen and oxygen atoms in total. The Balaban J connectivity index is 1.98. The van der Waals surface area contributed by atoms with Crippen molar-refractivity contribution in [2.24, 2.45) is 0 Å². The Hall–Kier alpha value is -1.91. The average molecular weight is 495 g/mol. The largest absolute Gasteiger partial charge is 0.416 e. The second-order valence-corrected chi connectivity index (χ2v) is 10.2. The number of alkyl halides is 3. The minimum absolute atomic E-state index is 0.208. The van der Waals surface area contributed by atoms with Crippen LogP contribution in [0, 0.1) is 6.92 Å². The molecule has 0 aliphatic rings. The molecule has 0 saturated carbocycles. The summed E-state index contributed by atoms with van der Waals surface area (Å²) >= 11 is 7.53. The van der Waals surface area contributed by atoms with Crippen LogP contribution in [0.1, 0.15) is 16.7 Å². The van der Waals surface area contributed by atoms with E-state index in [0.29, 0.717) is 16.1 Å². The number of benzene rings is 2. The second-order valence-electron chi connectivity index (χ2n) is 6.83. The SMILES string of the molecule is Cc1cccc(CSCCNC(=O)CN(c2cc(C(F)(F)F)ccc2Cl)S(C)(=O)=O)c1. The summed E-state index contributed by atoms with van der Waals surface area (Å²) < 4.78 is 63.9. The fourth-order valence-electron chi connectivity index (χ4n) is 2.70. The molecule has 0 aromatic heterocycles. The van der Waals surface area contributed by atoms with E-state index in [0.717, 1.165) is 35.3 Å². The fourth-order valence-corrected chi connectivity index (χ4v) is 4.64. The zero-order valence-corrected chi connectivity index (χ0v) is 19.3. The third-order valence-electron chi connectivity index (χ3n) is 4.15. The Morgan fingerprint density at radius 2 is 1.90 bits per heavy atom. The van der Waals surface area contributed by atoms with Gasteiger partial charge in [-0.25, -0.2) is 8.42 Å². The third kappa shape index (κ3) is 7.93. The summed E-state index contributed by atoms with van der Waals surface area (Å²) in [5.41, 5.74) is 0.843. The summed E-state index contributed by atoms with van der Waals surface area (Å²) in [6.45, 7) is 1.60. The van der Waals surface area contributed by atoms with Crippen molar-refractivity contribution >= 4 is 45.0 Å². The van der Waals surface area contributed by atoms with Crippen molar-refractivity contribution in [2.45, 2.75) is 18.9 Å². The molecule has 1 N–H and O–H groups in total. The van der Waals surface area contributed by atoms with Crippen LogP contribution in [0.15, 0.2) is 42.5 Å². The van der Waals surface area contributed by atoms with Gasteiger partial charge in [0.05, 0.1) is 22.5 Å². The van der Waals surface area contributed by atoms with E-state index in [1.807, 2.05) is 25.1 Å². The number of hydrogen-bond acceptors (Lipinski definition) is 4. The number of amides is 1. The number of hydrogen-bond donors (Lipinski definition) is 1. The van der Waals surface area contributed by atoms with E-state index < -0.39 is 39.9 Å². The Morgan fingerprint density at radius 3 is 2.52 bits per heavy atom. The van der Waals surface area contributed by atoms with Crippen LogP contribution in [0.3, 0.4) is 0 Å². The number of thioether (sulfide) groups is 1. The van der Waals surface area contributed by atoms with Crippen LogP contribution >= 0.6 is 23.4 Å². The van der Waals surface area contributed by atoms with Crippen LogP contribution in [-0.2, 0) is 26.7 Å². The van der Waals surface area contributed by atoms with Crippen molar-refractivity contribution in [1.82, 2.24) is 5.32 Å². The molecule has 11 heteroatoms. The molecule has 0 fully saturated rings. The first kappa shape index (κ1) is 25.4. The highest BCUT2D eigenvalue weighted by atomic mass is 35.5. The molecule has 170 valence electrons. The van der Waals surface area contributed by atoms with Gasteiger partial charge in [0.1, 0.15) is 6.54 Å². The molecule has 2 aromatic rings. The van der Waals surface area contributed by atoms with Crippen LogP contribution in [0.4, 0.5) is 18.9 Å². The summed E-state index contributed by atoms with van der Waals surface area (Å²) in [5, 5.41) is 2.38. The molecule has 0 unspecified atom stereocenters. The smallest absolute Gasteiger partial charge is 0.354 e. The van der Waals surface area contributed by atoms with Crippen LogP contribution in [-0.4, -0.2) is 39.4 Å². The Kier molecular flexibility index (Phi) is 8.67. The minimum atomic E-state index is -4.68. The molecule has 1 amide bonds. The van der Waals surface area contributed by atoms with Crippen LogP contribution < -0.4 is 9.62 Å². The molecule has 0 heterocycles. The van der Waals surface area contributed by atoms with Crippen molar-refractivity contribution in [3.63, 3.8) is 0 Å². The Morgan fingerprint density at radius 1 is 1.19 bits per heavy atom. The van der Waals surface area contributed by atoms with Crippen LogP contribution in [0.2, 0.25) is 5.02 Å². The van der Waals surface area contributed by atoms with Gasteiger partial charge in [-0.2, -0.15) is 24.9 Å². The number of carbonyl (C=O) groups excluding carboxylic acids is 1. The molecule has 0 bridgehead atoms. The first-order valence-electron chi connectivity index (χ1n) is 9.12. The van der Waals surface area contributed by atoms with E-state index in [1.165, 1.54) is 0 Å². The summed E-state index contributed by atoms with van der Waals surface area (Å²) in [6.07, 6.45) is -3.88. The van der Waals surface area contributed by atoms with E-state index in [2.05, 4.69) is 11.4 Å². The highest BCUT2D eigenvalue weighted by Gasteiger charge is 2.33.